The lowest BCUT2D eigenvalue weighted by Gasteiger charge is -2.22. The maximum absolute atomic E-state index is 11.4. The average molecular weight is 252 g/mol. The SMILES string of the molecule is COCC(NC(=O)OC(C)(C)C)C(=O)CCl. The molecule has 0 aromatic rings. The Bertz CT molecular complexity index is 250. The number of rotatable bonds is 5. The van der Waals surface area contributed by atoms with E-state index in [1.165, 1.54) is 7.11 Å². The highest BCUT2D eigenvalue weighted by Crippen LogP contribution is 2.07. The fraction of sp³-hybridized carbons (Fsp3) is 0.800. The summed E-state index contributed by atoms with van der Waals surface area (Å²) in [6.07, 6.45) is -0.659. The van der Waals surface area contributed by atoms with Gasteiger partial charge in [-0.25, -0.2) is 4.79 Å². The fourth-order valence-corrected chi connectivity index (χ4v) is 1.11. The Hall–Kier alpha value is -0.810. The third kappa shape index (κ3) is 6.63. The number of carbonyl (C=O) groups excluding carboxylic acids is 2. The summed E-state index contributed by atoms with van der Waals surface area (Å²) in [5, 5.41) is 2.41. The number of carbonyl (C=O) groups is 2. The number of ether oxygens (including phenoxy) is 2. The summed E-state index contributed by atoms with van der Waals surface area (Å²) in [6, 6.07) is -0.766. The molecule has 0 aromatic heterocycles. The Labute approximate surface area is 100 Å². The zero-order chi connectivity index (χ0) is 12.8. The lowest BCUT2D eigenvalue weighted by Crippen LogP contribution is -2.46. The molecule has 0 aliphatic rings. The van der Waals surface area contributed by atoms with Gasteiger partial charge in [0, 0.05) is 7.11 Å². The first-order valence-electron chi connectivity index (χ1n) is 4.87. The molecule has 0 fully saturated rings. The second-order valence-corrected chi connectivity index (χ2v) is 4.52. The van der Waals surface area contributed by atoms with Crippen molar-refractivity contribution in [3.05, 3.63) is 0 Å². The Kier molecular flexibility index (Phi) is 6.36. The van der Waals surface area contributed by atoms with E-state index in [0.29, 0.717) is 0 Å². The molecule has 0 saturated heterocycles. The maximum atomic E-state index is 11.4. The molecule has 6 heteroatoms. The zero-order valence-electron chi connectivity index (χ0n) is 10.0. The van der Waals surface area contributed by atoms with E-state index in [-0.39, 0.29) is 18.3 Å². The van der Waals surface area contributed by atoms with Gasteiger partial charge in [0.15, 0.2) is 5.78 Å². The van der Waals surface area contributed by atoms with Gasteiger partial charge in [-0.2, -0.15) is 0 Å². The highest BCUT2D eigenvalue weighted by Gasteiger charge is 2.23. The van der Waals surface area contributed by atoms with E-state index < -0.39 is 17.7 Å². The molecule has 0 aliphatic carbocycles. The Morgan fingerprint density at radius 2 is 1.94 bits per heavy atom. The van der Waals surface area contributed by atoms with Crippen molar-refractivity contribution < 1.29 is 19.1 Å². The summed E-state index contributed by atoms with van der Waals surface area (Å²) in [7, 11) is 1.44. The normalized spacial score (nSPS) is 13.1. The number of Topliss-reactive ketones (excluding diaryl/α,β-unsaturated/α-hetero) is 1. The van der Waals surface area contributed by atoms with Crippen LogP contribution in [-0.4, -0.2) is 43.1 Å². The van der Waals surface area contributed by atoms with E-state index in [2.05, 4.69) is 5.32 Å². The Balaban J connectivity index is 4.29. The van der Waals surface area contributed by atoms with E-state index in [9.17, 15) is 9.59 Å². The molecule has 5 nitrogen and oxygen atoms in total. The number of halogens is 1. The van der Waals surface area contributed by atoms with Gasteiger partial charge in [0.25, 0.3) is 0 Å². The summed E-state index contributed by atoms with van der Waals surface area (Å²) in [6.45, 7) is 5.29. The van der Waals surface area contributed by atoms with E-state index in [0.717, 1.165) is 0 Å². The number of alkyl carbamates (subject to hydrolysis) is 1. The van der Waals surface area contributed by atoms with Gasteiger partial charge in [-0.3, -0.25) is 4.79 Å². The van der Waals surface area contributed by atoms with Crippen molar-refractivity contribution in [1.82, 2.24) is 5.32 Å². The standard InChI is InChI=1S/C10H18ClNO4/c1-10(2,3)16-9(14)12-7(6-15-4)8(13)5-11/h7H,5-6H2,1-4H3,(H,12,14). The summed E-state index contributed by atoms with van der Waals surface area (Å²) in [5.41, 5.74) is -0.605. The third-order valence-electron chi connectivity index (χ3n) is 1.54. The van der Waals surface area contributed by atoms with Gasteiger partial charge in [0.05, 0.1) is 12.5 Å². The monoisotopic (exact) mass is 251 g/mol. The lowest BCUT2D eigenvalue weighted by atomic mass is 10.2. The zero-order valence-corrected chi connectivity index (χ0v) is 10.8. The van der Waals surface area contributed by atoms with Gasteiger partial charge >= 0.3 is 6.09 Å². The molecule has 1 N–H and O–H groups in total. The molecule has 94 valence electrons. The summed E-state index contributed by atoms with van der Waals surface area (Å²) in [5.74, 6) is -0.488. The molecule has 0 bridgehead atoms. The topological polar surface area (TPSA) is 64.6 Å². The fourth-order valence-electron chi connectivity index (χ4n) is 0.925. The van der Waals surface area contributed by atoms with Crippen molar-refractivity contribution in [2.75, 3.05) is 19.6 Å². The number of ketones is 1. The largest absolute Gasteiger partial charge is 0.444 e. The van der Waals surface area contributed by atoms with Gasteiger partial charge in [0.1, 0.15) is 11.6 Å². The van der Waals surface area contributed by atoms with Crippen LogP contribution in [0.1, 0.15) is 20.8 Å². The minimum Gasteiger partial charge on any atom is -0.444 e. The van der Waals surface area contributed by atoms with Crippen LogP contribution in [0.5, 0.6) is 0 Å². The minimum absolute atomic E-state index is 0.0742. The van der Waals surface area contributed by atoms with Crippen LogP contribution >= 0.6 is 11.6 Å². The van der Waals surface area contributed by atoms with E-state index in [4.69, 9.17) is 21.1 Å². The van der Waals surface area contributed by atoms with Crippen LogP contribution in [-0.2, 0) is 14.3 Å². The molecule has 0 radical (unpaired) electrons. The Morgan fingerprint density at radius 3 is 2.31 bits per heavy atom. The predicted octanol–water partition coefficient (Wildman–Crippen LogP) is 1.33. The van der Waals surface area contributed by atoms with Gasteiger partial charge in [0.2, 0.25) is 0 Å². The number of methoxy groups -OCH3 is 1. The molecule has 1 amide bonds. The first kappa shape index (κ1) is 15.2. The van der Waals surface area contributed by atoms with Crippen LogP contribution in [0.15, 0.2) is 0 Å². The van der Waals surface area contributed by atoms with Gasteiger partial charge in [-0.05, 0) is 20.8 Å². The summed E-state index contributed by atoms with van der Waals surface area (Å²) >= 11 is 5.40. The lowest BCUT2D eigenvalue weighted by molar-refractivity contribution is -0.119. The van der Waals surface area contributed by atoms with E-state index in [1.54, 1.807) is 20.8 Å². The van der Waals surface area contributed by atoms with Crippen molar-refractivity contribution in [1.29, 1.82) is 0 Å². The second kappa shape index (κ2) is 6.70. The molecule has 0 aliphatic heterocycles. The average Bonchev–Trinajstić information content (AvgIpc) is 2.13. The number of alkyl halides is 1. The first-order chi connectivity index (χ1) is 7.30. The van der Waals surface area contributed by atoms with Gasteiger partial charge < -0.3 is 14.8 Å². The van der Waals surface area contributed by atoms with Crippen molar-refractivity contribution in [3.8, 4) is 0 Å². The van der Waals surface area contributed by atoms with Crippen LogP contribution in [0, 0.1) is 0 Å². The smallest absolute Gasteiger partial charge is 0.408 e. The molecule has 0 spiro atoms. The second-order valence-electron chi connectivity index (χ2n) is 4.25. The predicted molar refractivity (Wildman–Crippen MR) is 60.8 cm³/mol. The molecular formula is C10H18ClNO4. The van der Waals surface area contributed by atoms with Crippen molar-refractivity contribution in [2.45, 2.75) is 32.4 Å². The highest BCUT2D eigenvalue weighted by molar-refractivity contribution is 6.28. The van der Waals surface area contributed by atoms with Crippen LogP contribution in [0.3, 0.4) is 0 Å². The summed E-state index contributed by atoms with van der Waals surface area (Å²) < 4.78 is 9.82. The van der Waals surface area contributed by atoms with Crippen LogP contribution in [0.4, 0.5) is 4.79 Å². The molecule has 16 heavy (non-hydrogen) atoms. The number of nitrogens with one attached hydrogen (secondary N) is 1. The van der Waals surface area contributed by atoms with Crippen LogP contribution in [0.25, 0.3) is 0 Å². The third-order valence-corrected chi connectivity index (χ3v) is 1.81. The van der Waals surface area contributed by atoms with Crippen LogP contribution < -0.4 is 5.32 Å². The molecule has 0 rings (SSSR count). The summed E-state index contributed by atoms with van der Waals surface area (Å²) in [4.78, 5) is 22.7. The molecule has 1 atom stereocenters. The molecule has 0 aromatic carbocycles. The molecule has 0 saturated carbocycles. The maximum Gasteiger partial charge on any atom is 0.408 e. The van der Waals surface area contributed by atoms with Crippen molar-refractivity contribution in [2.24, 2.45) is 0 Å². The van der Waals surface area contributed by atoms with E-state index in [1.807, 2.05) is 0 Å². The van der Waals surface area contributed by atoms with Gasteiger partial charge in [-0.15, -0.1) is 11.6 Å². The van der Waals surface area contributed by atoms with Gasteiger partial charge in [-0.1, -0.05) is 0 Å². The molecule has 0 heterocycles. The number of hydrogen-bond acceptors (Lipinski definition) is 4. The molecular weight excluding hydrogens is 234 g/mol. The van der Waals surface area contributed by atoms with Crippen molar-refractivity contribution in [3.63, 3.8) is 0 Å². The number of amides is 1. The van der Waals surface area contributed by atoms with Crippen LogP contribution in [0.2, 0.25) is 0 Å². The van der Waals surface area contributed by atoms with Crippen molar-refractivity contribution >= 4 is 23.5 Å². The highest BCUT2D eigenvalue weighted by atomic mass is 35.5. The quantitative estimate of drug-likeness (QED) is 0.749. The Morgan fingerprint density at radius 1 is 1.38 bits per heavy atom. The number of hydrogen-bond donors (Lipinski definition) is 1. The minimum atomic E-state index is -0.766. The first-order valence-corrected chi connectivity index (χ1v) is 5.40. The van der Waals surface area contributed by atoms with E-state index >= 15 is 0 Å². The molecule has 1 unspecified atom stereocenters.